The highest BCUT2D eigenvalue weighted by molar-refractivity contribution is 7.16. The second-order valence-electron chi connectivity index (χ2n) is 5.26. The van der Waals surface area contributed by atoms with E-state index in [1.165, 1.54) is 11.1 Å². The fraction of sp³-hybridized carbons (Fsp3) is 0.333. The van der Waals surface area contributed by atoms with Crippen LogP contribution >= 0.6 is 11.3 Å². The lowest BCUT2D eigenvalue weighted by Gasteiger charge is -2.00. The molecule has 0 aliphatic rings. The van der Waals surface area contributed by atoms with Gasteiger partial charge in [0.1, 0.15) is 5.01 Å². The number of rotatable bonds is 3. The molecule has 98 valence electrons. The Bertz CT molecular complexity index is 678. The van der Waals surface area contributed by atoms with Crippen molar-refractivity contribution in [3.8, 4) is 11.3 Å². The van der Waals surface area contributed by atoms with Crippen molar-refractivity contribution in [2.75, 3.05) is 0 Å². The number of fused-ring (bicyclic) bond motifs is 1. The van der Waals surface area contributed by atoms with Crippen LogP contribution in [-0.2, 0) is 6.42 Å². The normalized spacial score (nSPS) is 11.6. The van der Waals surface area contributed by atoms with Crippen LogP contribution in [0.3, 0.4) is 0 Å². The lowest BCUT2D eigenvalue weighted by Crippen LogP contribution is -1.94. The van der Waals surface area contributed by atoms with Gasteiger partial charge in [0.2, 0.25) is 4.96 Å². The summed E-state index contributed by atoms with van der Waals surface area (Å²) in [6.07, 6.45) is 3.05. The van der Waals surface area contributed by atoms with Crippen LogP contribution in [-0.4, -0.2) is 14.6 Å². The molecule has 0 saturated carbocycles. The monoisotopic (exact) mass is 271 g/mol. The largest absolute Gasteiger partial charge is 0.217 e. The minimum absolute atomic E-state index is 0.631. The van der Waals surface area contributed by atoms with E-state index >= 15 is 0 Å². The maximum atomic E-state index is 4.69. The maximum absolute atomic E-state index is 4.69. The van der Waals surface area contributed by atoms with Crippen molar-refractivity contribution in [2.45, 2.75) is 27.2 Å². The summed E-state index contributed by atoms with van der Waals surface area (Å²) >= 11 is 1.69. The Morgan fingerprint density at radius 2 is 2.05 bits per heavy atom. The highest BCUT2D eigenvalue weighted by Crippen LogP contribution is 2.25. The van der Waals surface area contributed by atoms with Crippen LogP contribution in [0.1, 0.15) is 24.4 Å². The van der Waals surface area contributed by atoms with Crippen LogP contribution < -0.4 is 0 Å². The van der Waals surface area contributed by atoms with E-state index in [9.17, 15) is 0 Å². The Balaban J connectivity index is 1.99. The molecular weight excluding hydrogens is 254 g/mol. The molecule has 0 aliphatic carbocycles. The van der Waals surface area contributed by atoms with E-state index in [1.54, 1.807) is 11.3 Å². The summed E-state index contributed by atoms with van der Waals surface area (Å²) in [5.74, 6) is 0.631. The topological polar surface area (TPSA) is 30.2 Å². The van der Waals surface area contributed by atoms with Crippen molar-refractivity contribution >= 4 is 16.3 Å². The molecule has 0 radical (unpaired) electrons. The molecule has 2 aromatic heterocycles. The lowest BCUT2D eigenvalue weighted by molar-refractivity contribution is 0.637. The van der Waals surface area contributed by atoms with Gasteiger partial charge in [0.15, 0.2) is 0 Å². The molecule has 0 spiro atoms. The zero-order valence-electron chi connectivity index (χ0n) is 11.4. The van der Waals surface area contributed by atoms with Gasteiger partial charge in [-0.15, -0.1) is 0 Å². The van der Waals surface area contributed by atoms with Gasteiger partial charge in [0.25, 0.3) is 0 Å². The van der Waals surface area contributed by atoms with Gasteiger partial charge in [-0.25, -0.2) is 9.50 Å². The molecule has 4 heteroatoms. The highest BCUT2D eigenvalue weighted by atomic mass is 32.1. The number of hydrogen-bond acceptors (Lipinski definition) is 3. The molecule has 0 bridgehead atoms. The first-order chi connectivity index (χ1) is 9.13. The minimum atomic E-state index is 0.631. The van der Waals surface area contributed by atoms with E-state index in [0.717, 1.165) is 22.1 Å². The van der Waals surface area contributed by atoms with Crippen molar-refractivity contribution in [1.29, 1.82) is 0 Å². The van der Waals surface area contributed by atoms with Crippen LogP contribution in [0.2, 0.25) is 0 Å². The minimum Gasteiger partial charge on any atom is -0.217 e. The van der Waals surface area contributed by atoms with Gasteiger partial charge in [0, 0.05) is 12.0 Å². The van der Waals surface area contributed by atoms with E-state index in [0.29, 0.717) is 5.92 Å². The molecule has 0 aliphatic heterocycles. The summed E-state index contributed by atoms with van der Waals surface area (Å²) < 4.78 is 1.91. The SMILES string of the molecule is Cc1ccccc1-c1cn2nc(CC(C)C)sc2n1. The Labute approximate surface area is 116 Å². The summed E-state index contributed by atoms with van der Waals surface area (Å²) in [7, 11) is 0. The van der Waals surface area contributed by atoms with Crippen LogP contribution in [0.5, 0.6) is 0 Å². The molecule has 0 fully saturated rings. The van der Waals surface area contributed by atoms with Gasteiger partial charge in [-0.1, -0.05) is 49.4 Å². The lowest BCUT2D eigenvalue weighted by atomic mass is 10.1. The maximum Gasteiger partial charge on any atom is 0.212 e. The second kappa shape index (κ2) is 4.78. The third-order valence-electron chi connectivity index (χ3n) is 3.09. The van der Waals surface area contributed by atoms with Crippen LogP contribution in [0.15, 0.2) is 30.5 Å². The third kappa shape index (κ3) is 2.40. The molecule has 2 heterocycles. The summed E-state index contributed by atoms with van der Waals surface area (Å²) in [5.41, 5.74) is 3.44. The fourth-order valence-corrected chi connectivity index (χ4v) is 3.25. The predicted molar refractivity (Wildman–Crippen MR) is 79.6 cm³/mol. The van der Waals surface area contributed by atoms with Gasteiger partial charge >= 0.3 is 0 Å². The molecule has 3 aromatic rings. The summed E-state index contributed by atoms with van der Waals surface area (Å²) in [4.78, 5) is 5.67. The number of nitrogens with zero attached hydrogens (tertiary/aromatic N) is 3. The molecule has 3 nitrogen and oxygen atoms in total. The van der Waals surface area contributed by atoms with Crippen molar-refractivity contribution in [1.82, 2.24) is 14.6 Å². The van der Waals surface area contributed by atoms with Crippen LogP contribution in [0.4, 0.5) is 0 Å². The van der Waals surface area contributed by atoms with Gasteiger partial charge in [-0.3, -0.25) is 0 Å². The molecule has 3 rings (SSSR count). The number of aryl methyl sites for hydroxylation is 1. The van der Waals surface area contributed by atoms with Crippen molar-refractivity contribution < 1.29 is 0 Å². The zero-order chi connectivity index (χ0) is 13.4. The second-order valence-corrected chi connectivity index (χ2v) is 6.30. The fourth-order valence-electron chi connectivity index (χ4n) is 2.16. The average molecular weight is 271 g/mol. The number of benzene rings is 1. The van der Waals surface area contributed by atoms with Gasteiger partial charge in [0.05, 0.1) is 11.9 Å². The Kier molecular flexibility index (Phi) is 3.11. The third-order valence-corrected chi connectivity index (χ3v) is 4.03. The smallest absolute Gasteiger partial charge is 0.212 e. The standard InChI is InChI=1S/C15H17N3S/c1-10(2)8-14-17-18-9-13(16-15(18)19-14)12-7-5-4-6-11(12)3/h4-7,9-10H,8H2,1-3H3. The van der Waals surface area contributed by atoms with Crippen LogP contribution in [0.25, 0.3) is 16.2 Å². The molecular formula is C15H17N3S. The number of hydrogen-bond donors (Lipinski definition) is 0. The van der Waals surface area contributed by atoms with E-state index in [4.69, 9.17) is 4.98 Å². The number of imidazole rings is 1. The molecule has 0 saturated heterocycles. The molecule has 0 unspecified atom stereocenters. The van der Waals surface area contributed by atoms with Crippen LogP contribution in [0, 0.1) is 12.8 Å². The first kappa shape index (κ1) is 12.4. The molecule has 1 aromatic carbocycles. The van der Waals surface area contributed by atoms with E-state index in [2.05, 4.69) is 44.1 Å². The first-order valence-electron chi connectivity index (χ1n) is 6.54. The summed E-state index contributed by atoms with van der Waals surface area (Å²) in [6.45, 7) is 6.53. The first-order valence-corrected chi connectivity index (χ1v) is 7.36. The Morgan fingerprint density at radius 3 is 2.74 bits per heavy atom. The average Bonchev–Trinajstić information content (AvgIpc) is 2.86. The molecule has 19 heavy (non-hydrogen) atoms. The summed E-state index contributed by atoms with van der Waals surface area (Å²) in [5, 5.41) is 5.76. The van der Waals surface area contributed by atoms with Gasteiger partial charge < -0.3 is 0 Å². The molecule has 0 atom stereocenters. The van der Waals surface area contributed by atoms with Crippen molar-refractivity contribution in [3.63, 3.8) is 0 Å². The Hall–Kier alpha value is -1.68. The van der Waals surface area contributed by atoms with E-state index < -0.39 is 0 Å². The molecule has 0 amide bonds. The van der Waals surface area contributed by atoms with Gasteiger partial charge in [-0.2, -0.15) is 5.10 Å². The predicted octanol–water partition coefficient (Wildman–Crippen LogP) is 3.96. The van der Waals surface area contributed by atoms with Crippen molar-refractivity contribution in [2.24, 2.45) is 5.92 Å². The summed E-state index contributed by atoms with van der Waals surface area (Å²) in [6, 6.07) is 8.32. The highest BCUT2D eigenvalue weighted by Gasteiger charge is 2.11. The van der Waals surface area contributed by atoms with Gasteiger partial charge in [-0.05, 0) is 18.4 Å². The zero-order valence-corrected chi connectivity index (χ0v) is 12.2. The van der Waals surface area contributed by atoms with E-state index in [-0.39, 0.29) is 0 Å². The number of aromatic nitrogens is 3. The molecule has 0 N–H and O–H groups in total. The van der Waals surface area contributed by atoms with E-state index in [1.807, 2.05) is 16.8 Å². The quantitative estimate of drug-likeness (QED) is 0.721. The Morgan fingerprint density at radius 1 is 1.26 bits per heavy atom. The van der Waals surface area contributed by atoms with Crippen molar-refractivity contribution in [3.05, 3.63) is 41.0 Å².